The number of carbonyl (C=O) groups is 1. The monoisotopic (exact) mass is 388 g/mol. The van der Waals surface area contributed by atoms with Crippen LogP contribution in [-0.2, 0) is 9.53 Å². The van der Waals surface area contributed by atoms with Crippen molar-refractivity contribution < 1.29 is 14.3 Å². The number of halogens is 1. The normalized spacial score (nSPS) is 14.7. The van der Waals surface area contributed by atoms with Gasteiger partial charge in [-0.2, -0.15) is 0 Å². The van der Waals surface area contributed by atoms with E-state index in [1.165, 1.54) is 0 Å². The van der Waals surface area contributed by atoms with Crippen molar-refractivity contribution in [3.05, 3.63) is 59.1 Å². The standard InChI is InChI=1S/C21H25ClN2O3/c1-17-4-2-3-5-20(17)24(21(25)16-23-10-13-26-14-11-23)12-15-27-19-8-6-18(22)7-9-19/h2-9H,10-16H2,1H3. The van der Waals surface area contributed by atoms with E-state index in [-0.39, 0.29) is 5.91 Å². The first-order valence-corrected chi connectivity index (χ1v) is 9.56. The summed E-state index contributed by atoms with van der Waals surface area (Å²) in [4.78, 5) is 17.0. The fourth-order valence-electron chi connectivity index (χ4n) is 3.07. The molecule has 6 heteroatoms. The van der Waals surface area contributed by atoms with Gasteiger partial charge in [0.05, 0.1) is 26.3 Å². The van der Waals surface area contributed by atoms with Crippen LogP contribution in [0.15, 0.2) is 48.5 Å². The van der Waals surface area contributed by atoms with Gasteiger partial charge in [-0.05, 0) is 42.8 Å². The highest BCUT2D eigenvalue weighted by Gasteiger charge is 2.21. The van der Waals surface area contributed by atoms with Gasteiger partial charge in [-0.15, -0.1) is 0 Å². The van der Waals surface area contributed by atoms with Gasteiger partial charge in [0.15, 0.2) is 0 Å². The summed E-state index contributed by atoms with van der Waals surface area (Å²) < 4.78 is 11.2. The van der Waals surface area contributed by atoms with E-state index in [1.807, 2.05) is 48.2 Å². The molecular weight excluding hydrogens is 364 g/mol. The molecule has 1 aliphatic rings. The second kappa shape index (κ2) is 9.74. The number of nitrogens with zero attached hydrogens (tertiary/aromatic N) is 2. The number of aryl methyl sites for hydroxylation is 1. The number of para-hydroxylation sites is 1. The van der Waals surface area contributed by atoms with Crippen molar-refractivity contribution in [2.24, 2.45) is 0 Å². The summed E-state index contributed by atoms with van der Waals surface area (Å²) in [5, 5.41) is 0.671. The third-order valence-corrected chi connectivity index (χ3v) is 4.82. The summed E-state index contributed by atoms with van der Waals surface area (Å²) in [5.41, 5.74) is 2.00. The molecule has 2 aromatic carbocycles. The van der Waals surface area contributed by atoms with Gasteiger partial charge >= 0.3 is 0 Å². The van der Waals surface area contributed by atoms with Gasteiger partial charge in [0.1, 0.15) is 12.4 Å². The average Bonchev–Trinajstić information content (AvgIpc) is 2.68. The predicted molar refractivity (Wildman–Crippen MR) is 108 cm³/mol. The largest absolute Gasteiger partial charge is 0.492 e. The Kier molecular flexibility index (Phi) is 7.10. The van der Waals surface area contributed by atoms with Crippen LogP contribution in [0.5, 0.6) is 5.75 Å². The quantitative estimate of drug-likeness (QED) is 0.729. The molecule has 1 saturated heterocycles. The third-order valence-electron chi connectivity index (χ3n) is 4.57. The van der Waals surface area contributed by atoms with Gasteiger partial charge in [-0.1, -0.05) is 29.8 Å². The number of ether oxygens (including phenoxy) is 2. The van der Waals surface area contributed by atoms with Crippen LogP contribution in [0, 0.1) is 6.92 Å². The Hall–Kier alpha value is -2.08. The highest BCUT2D eigenvalue weighted by molar-refractivity contribution is 6.30. The smallest absolute Gasteiger partial charge is 0.241 e. The maximum absolute atomic E-state index is 13.0. The van der Waals surface area contributed by atoms with Crippen molar-refractivity contribution in [2.75, 3.05) is 50.9 Å². The van der Waals surface area contributed by atoms with E-state index in [0.29, 0.717) is 37.9 Å². The molecule has 1 amide bonds. The van der Waals surface area contributed by atoms with Gasteiger partial charge in [0, 0.05) is 23.8 Å². The topological polar surface area (TPSA) is 42.0 Å². The zero-order valence-electron chi connectivity index (χ0n) is 15.6. The van der Waals surface area contributed by atoms with Crippen LogP contribution in [0.4, 0.5) is 5.69 Å². The van der Waals surface area contributed by atoms with Crippen LogP contribution >= 0.6 is 11.6 Å². The number of rotatable bonds is 7. The van der Waals surface area contributed by atoms with Crippen molar-refractivity contribution in [1.29, 1.82) is 0 Å². The lowest BCUT2D eigenvalue weighted by Crippen LogP contribution is -2.46. The molecule has 0 aromatic heterocycles. The molecule has 0 aliphatic carbocycles. The molecular formula is C21H25ClN2O3. The Labute approximate surface area is 165 Å². The van der Waals surface area contributed by atoms with E-state index in [4.69, 9.17) is 21.1 Å². The minimum absolute atomic E-state index is 0.0749. The van der Waals surface area contributed by atoms with Crippen LogP contribution in [0.1, 0.15) is 5.56 Å². The fourth-order valence-corrected chi connectivity index (χ4v) is 3.19. The lowest BCUT2D eigenvalue weighted by Gasteiger charge is -2.30. The lowest BCUT2D eigenvalue weighted by molar-refractivity contribution is -0.120. The number of hydrogen-bond donors (Lipinski definition) is 0. The molecule has 0 unspecified atom stereocenters. The molecule has 0 N–H and O–H groups in total. The van der Waals surface area contributed by atoms with E-state index in [0.717, 1.165) is 30.1 Å². The van der Waals surface area contributed by atoms with Crippen LogP contribution in [0.3, 0.4) is 0 Å². The average molecular weight is 389 g/mol. The second-order valence-corrected chi connectivity index (χ2v) is 6.96. The summed E-state index contributed by atoms with van der Waals surface area (Å²) in [7, 11) is 0. The van der Waals surface area contributed by atoms with Gasteiger partial charge in [0.25, 0.3) is 0 Å². The Morgan fingerprint density at radius 2 is 1.85 bits per heavy atom. The molecule has 144 valence electrons. The highest BCUT2D eigenvalue weighted by Crippen LogP contribution is 2.21. The van der Waals surface area contributed by atoms with Gasteiger partial charge < -0.3 is 14.4 Å². The Morgan fingerprint density at radius 1 is 1.15 bits per heavy atom. The van der Waals surface area contributed by atoms with E-state index in [2.05, 4.69) is 4.90 Å². The van der Waals surface area contributed by atoms with E-state index < -0.39 is 0 Å². The second-order valence-electron chi connectivity index (χ2n) is 6.52. The molecule has 3 rings (SSSR count). The van der Waals surface area contributed by atoms with Crippen molar-refractivity contribution in [1.82, 2.24) is 4.90 Å². The molecule has 0 bridgehead atoms. The van der Waals surface area contributed by atoms with Gasteiger partial charge in [-0.25, -0.2) is 0 Å². The number of benzene rings is 2. The number of carbonyl (C=O) groups excluding carboxylic acids is 1. The van der Waals surface area contributed by atoms with Gasteiger partial charge in [0.2, 0.25) is 5.91 Å². The molecule has 0 radical (unpaired) electrons. The number of anilines is 1. The first kappa shape index (κ1) is 19.7. The first-order chi connectivity index (χ1) is 13.1. The SMILES string of the molecule is Cc1ccccc1N(CCOc1ccc(Cl)cc1)C(=O)CN1CCOCC1. The summed E-state index contributed by atoms with van der Waals surface area (Å²) in [6, 6.07) is 15.2. The molecule has 1 heterocycles. The zero-order chi connectivity index (χ0) is 19.1. The summed E-state index contributed by atoms with van der Waals surface area (Å²) in [5.74, 6) is 0.815. The van der Waals surface area contributed by atoms with Gasteiger partial charge in [-0.3, -0.25) is 9.69 Å². The number of amides is 1. The summed E-state index contributed by atoms with van der Waals surface area (Å²) in [6.07, 6.45) is 0. The minimum atomic E-state index is 0.0749. The van der Waals surface area contributed by atoms with Crippen molar-refractivity contribution in [3.8, 4) is 5.75 Å². The minimum Gasteiger partial charge on any atom is -0.492 e. The van der Waals surface area contributed by atoms with Crippen molar-refractivity contribution in [3.63, 3.8) is 0 Å². The molecule has 1 aliphatic heterocycles. The van der Waals surface area contributed by atoms with Crippen molar-refractivity contribution in [2.45, 2.75) is 6.92 Å². The Morgan fingerprint density at radius 3 is 2.56 bits per heavy atom. The zero-order valence-corrected chi connectivity index (χ0v) is 16.3. The molecule has 1 fully saturated rings. The molecule has 2 aromatic rings. The molecule has 0 saturated carbocycles. The Balaban J connectivity index is 1.66. The highest BCUT2D eigenvalue weighted by atomic mass is 35.5. The van der Waals surface area contributed by atoms with Crippen LogP contribution in [0.2, 0.25) is 5.02 Å². The molecule has 27 heavy (non-hydrogen) atoms. The molecule has 0 atom stereocenters. The predicted octanol–water partition coefficient (Wildman–Crippen LogP) is 3.39. The molecule has 0 spiro atoms. The summed E-state index contributed by atoms with van der Waals surface area (Å²) >= 11 is 5.91. The van der Waals surface area contributed by atoms with Crippen LogP contribution < -0.4 is 9.64 Å². The number of hydrogen-bond acceptors (Lipinski definition) is 4. The summed E-state index contributed by atoms with van der Waals surface area (Å²) in [6.45, 7) is 6.22. The third kappa shape index (κ3) is 5.70. The van der Waals surface area contributed by atoms with E-state index >= 15 is 0 Å². The first-order valence-electron chi connectivity index (χ1n) is 9.18. The Bertz CT molecular complexity index is 745. The number of morpholine rings is 1. The molecule has 5 nitrogen and oxygen atoms in total. The van der Waals surface area contributed by atoms with E-state index in [9.17, 15) is 4.79 Å². The maximum atomic E-state index is 13.0. The van der Waals surface area contributed by atoms with E-state index in [1.54, 1.807) is 12.1 Å². The van der Waals surface area contributed by atoms with Crippen LogP contribution in [0.25, 0.3) is 0 Å². The van der Waals surface area contributed by atoms with Crippen molar-refractivity contribution >= 4 is 23.2 Å². The maximum Gasteiger partial charge on any atom is 0.241 e. The lowest BCUT2D eigenvalue weighted by atomic mass is 10.1. The fraction of sp³-hybridized carbons (Fsp3) is 0.381. The van der Waals surface area contributed by atoms with Crippen LogP contribution in [-0.4, -0.2) is 56.8 Å².